The molecule has 0 saturated carbocycles. The van der Waals surface area contributed by atoms with Gasteiger partial charge in [0.25, 0.3) is 0 Å². The first kappa shape index (κ1) is 16.5. The Morgan fingerprint density at radius 2 is 2.04 bits per heavy atom. The van der Waals surface area contributed by atoms with E-state index in [-0.39, 0.29) is 0 Å². The lowest BCUT2D eigenvalue weighted by molar-refractivity contribution is -0.118. The van der Waals surface area contributed by atoms with Crippen LogP contribution < -0.4 is 5.73 Å². The highest BCUT2D eigenvalue weighted by atomic mass is 35.5. The average molecular weight is 324 g/mol. The van der Waals surface area contributed by atoms with Crippen molar-refractivity contribution in [2.45, 2.75) is 18.8 Å². The Kier molecular flexibility index (Phi) is 5.74. The van der Waals surface area contributed by atoms with E-state index < -0.39 is 11.8 Å². The van der Waals surface area contributed by atoms with Crippen LogP contribution in [-0.4, -0.2) is 10.9 Å². The fraction of sp³-hybridized carbons (Fsp3) is 0.167. The lowest BCUT2D eigenvalue weighted by Gasteiger charge is -2.14. The quantitative estimate of drug-likeness (QED) is 0.693. The molecule has 2 N–H and O–H groups in total. The molecule has 114 valence electrons. The van der Waals surface area contributed by atoms with E-state index in [1.807, 2.05) is 6.07 Å². The maximum absolute atomic E-state index is 11.8. The van der Waals surface area contributed by atoms with Gasteiger partial charge in [-0.25, -0.2) is 0 Å². The molecule has 4 nitrogen and oxygen atoms in total. The van der Waals surface area contributed by atoms with Gasteiger partial charge < -0.3 is 5.73 Å². The first-order valence-corrected chi connectivity index (χ1v) is 7.36. The van der Waals surface area contributed by atoms with E-state index in [4.69, 9.17) is 22.6 Å². The van der Waals surface area contributed by atoms with Gasteiger partial charge >= 0.3 is 0 Å². The smallest absolute Gasteiger partial charge is 0.231 e. The predicted octanol–water partition coefficient (Wildman–Crippen LogP) is 3.01. The van der Waals surface area contributed by atoms with Crippen molar-refractivity contribution in [1.29, 1.82) is 5.26 Å². The molecule has 1 unspecified atom stereocenters. The van der Waals surface area contributed by atoms with E-state index in [9.17, 15) is 4.79 Å². The maximum Gasteiger partial charge on any atom is 0.231 e. The summed E-state index contributed by atoms with van der Waals surface area (Å²) < 4.78 is 0. The lowest BCUT2D eigenvalue weighted by Crippen LogP contribution is -2.23. The molecule has 2 rings (SSSR count). The largest absolute Gasteiger partial charge is 0.369 e. The molecule has 1 amide bonds. The third-order valence-electron chi connectivity index (χ3n) is 3.18. The fourth-order valence-electron chi connectivity index (χ4n) is 2.10. The van der Waals surface area contributed by atoms with Crippen molar-refractivity contribution in [2.75, 3.05) is 0 Å². The van der Waals surface area contributed by atoms with Crippen molar-refractivity contribution < 1.29 is 4.79 Å². The SMILES string of the molecule is N#CCCC#Cc1ccc(C(C(N)=O)c2ccccc2Cl)nc1. The normalized spacial score (nSPS) is 11.0. The second-order valence-electron chi connectivity index (χ2n) is 4.79. The van der Waals surface area contributed by atoms with Crippen LogP contribution >= 0.6 is 11.6 Å². The molecule has 1 atom stereocenters. The molecular weight excluding hydrogens is 310 g/mol. The monoisotopic (exact) mass is 323 g/mol. The summed E-state index contributed by atoms with van der Waals surface area (Å²) in [6, 6.07) is 12.6. The highest BCUT2D eigenvalue weighted by Crippen LogP contribution is 2.28. The van der Waals surface area contributed by atoms with Crippen LogP contribution in [0.2, 0.25) is 5.02 Å². The number of hydrogen-bond donors (Lipinski definition) is 1. The Balaban J connectivity index is 2.28. The molecule has 0 fully saturated rings. The van der Waals surface area contributed by atoms with Crippen LogP contribution in [0.5, 0.6) is 0 Å². The van der Waals surface area contributed by atoms with Crippen LogP contribution in [0, 0.1) is 23.2 Å². The van der Waals surface area contributed by atoms with Gasteiger partial charge in [-0.3, -0.25) is 9.78 Å². The third-order valence-corrected chi connectivity index (χ3v) is 3.52. The number of halogens is 1. The number of hydrogen-bond acceptors (Lipinski definition) is 3. The van der Waals surface area contributed by atoms with Gasteiger partial charge in [0.1, 0.15) is 5.92 Å². The maximum atomic E-state index is 11.8. The highest BCUT2D eigenvalue weighted by Gasteiger charge is 2.23. The van der Waals surface area contributed by atoms with Crippen molar-refractivity contribution in [3.63, 3.8) is 0 Å². The van der Waals surface area contributed by atoms with Crippen molar-refractivity contribution in [3.05, 3.63) is 64.4 Å². The van der Waals surface area contributed by atoms with Crippen molar-refractivity contribution >= 4 is 17.5 Å². The standard InChI is InChI=1S/C18H14ClN3O/c19-15-8-4-3-7-14(15)17(18(21)23)16-10-9-13(12-22-16)6-2-1-5-11-20/h3-4,7-10,12,17H,1,5H2,(H2,21,23). The average Bonchev–Trinajstić information content (AvgIpc) is 2.55. The molecule has 1 aromatic heterocycles. The van der Waals surface area contributed by atoms with Gasteiger partial charge in [0.05, 0.1) is 11.8 Å². The highest BCUT2D eigenvalue weighted by molar-refractivity contribution is 6.31. The van der Waals surface area contributed by atoms with E-state index in [0.29, 0.717) is 34.7 Å². The fourth-order valence-corrected chi connectivity index (χ4v) is 2.35. The van der Waals surface area contributed by atoms with Crippen LogP contribution in [-0.2, 0) is 4.79 Å². The zero-order valence-electron chi connectivity index (χ0n) is 12.3. The van der Waals surface area contributed by atoms with Crippen LogP contribution in [0.3, 0.4) is 0 Å². The zero-order valence-corrected chi connectivity index (χ0v) is 13.0. The number of carbonyl (C=O) groups is 1. The summed E-state index contributed by atoms with van der Waals surface area (Å²) in [5.41, 5.74) is 7.39. The minimum absolute atomic E-state index is 0.398. The number of rotatable bonds is 4. The molecule has 0 spiro atoms. The number of nitriles is 1. The predicted molar refractivity (Wildman–Crippen MR) is 88.5 cm³/mol. The Labute approximate surface area is 139 Å². The molecule has 0 saturated heterocycles. The third kappa shape index (κ3) is 4.32. The minimum atomic E-state index is -0.704. The molecule has 2 aromatic rings. The molecule has 0 aliphatic rings. The Bertz CT molecular complexity index is 797. The number of amides is 1. The van der Waals surface area contributed by atoms with Crippen LogP contribution in [0.1, 0.15) is 35.6 Å². The molecule has 5 heteroatoms. The van der Waals surface area contributed by atoms with Crippen molar-refractivity contribution in [2.24, 2.45) is 5.73 Å². The molecule has 1 heterocycles. The zero-order chi connectivity index (χ0) is 16.7. The Morgan fingerprint density at radius 3 is 2.65 bits per heavy atom. The molecule has 0 aliphatic carbocycles. The first-order chi connectivity index (χ1) is 11.1. The van der Waals surface area contributed by atoms with E-state index in [2.05, 4.69) is 16.8 Å². The number of unbranched alkanes of at least 4 members (excludes halogenated alkanes) is 1. The number of nitrogens with two attached hydrogens (primary N) is 1. The number of carbonyl (C=O) groups excluding carboxylic acids is 1. The van der Waals surface area contributed by atoms with Crippen LogP contribution in [0.25, 0.3) is 0 Å². The molecule has 0 radical (unpaired) electrons. The molecule has 1 aromatic carbocycles. The van der Waals surface area contributed by atoms with Gasteiger partial charge in [-0.15, -0.1) is 0 Å². The second-order valence-corrected chi connectivity index (χ2v) is 5.20. The van der Waals surface area contributed by atoms with Gasteiger partial charge in [-0.1, -0.05) is 41.6 Å². The topological polar surface area (TPSA) is 79.8 Å². The van der Waals surface area contributed by atoms with Gasteiger partial charge in [-0.2, -0.15) is 5.26 Å². The molecule has 0 aliphatic heterocycles. The van der Waals surface area contributed by atoms with Crippen molar-refractivity contribution in [3.8, 4) is 17.9 Å². The second kappa shape index (κ2) is 7.98. The van der Waals surface area contributed by atoms with Gasteiger partial charge in [-0.05, 0) is 23.8 Å². The van der Waals surface area contributed by atoms with E-state index in [0.717, 1.165) is 0 Å². The minimum Gasteiger partial charge on any atom is -0.369 e. The summed E-state index contributed by atoms with van der Waals surface area (Å²) in [6.07, 6.45) is 2.50. The summed E-state index contributed by atoms with van der Waals surface area (Å²) in [5.74, 6) is 4.59. The number of nitrogens with zero attached hydrogens (tertiary/aromatic N) is 2. The molecular formula is C18H14ClN3O. The Morgan fingerprint density at radius 1 is 1.26 bits per heavy atom. The van der Waals surface area contributed by atoms with E-state index >= 15 is 0 Å². The number of aromatic nitrogens is 1. The van der Waals surface area contributed by atoms with Crippen LogP contribution in [0.4, 0.5) is 0 Å². The van der Waals surface area contributed by atoms with Gasteiger partial charge in [0.2, 0.25) is 5.91 Å². The number of benzene rings is 1. The summed E-state index contributed by atoms with van der Waals surface area (Å²) in [6.45, 7) is 0. The van der Waals surface area contributed by atoms with Crippen LogP contribution in [0.15, 0.2) is 42.6 Å². The molecule has 23 heavy (non-hydrogen) atoms. The first-order valence-electron chi connectivity index (χ1n) is 6.99. The van der Waals surface area contributed by atoms with Gasteiger partial charge in [0, 0.05) is 29.6 Å². The lowest BCUT2D eigenvalue weighted by atomic mass is 9.94. The van der Waals surface area contributed by atoms with E-state index in [1.165, 1.54) is 0 Å². The summed E-state index contributed by atoms with van der Waals surface area (Å²) in [4.78, 5) is 16.1. The Hall–Kier alpha value is -2.82. The summed E-state index contributed by atoms with van der Waals surface area (Å²) in [7, 11) is 0. The van der Waals surface area contributed by atoms with E-state index in [1.54, 1.807) is 42.6 Å². The summed E-state index contributed by atoms with van der Waals surface area (Å²) >= 11 is 6.16. The number of pyridine rings is 1. The molecule has 0 bridgehead atoms. The summed E-state index contributed by atoms with van der Waals surface area (Å²) in [5, 5.41) is 8.93. The number of primary amides is 1. The van der Waals surface area contributed by atoms with Crippen molar-refractivity contribution in [1.82, 2.24) is 4.98 Å². The van der Waals surface area contributed by atoms with Gasteiger partial charge in [0.15, 0.2) is 0 Å².